The highest BCUT2D eigenvalue weighted by molar-refractivity contribution is 7.98. The first-order chi connectivity index (χ1) is 12.0. The van der Waals surface area contributed by atoms with Crippen LogP contribution in [0.1, 0.15) is 29.9 Å². The molecule has 0 saturated carbocycles. The van der Waals surface area contributed by atoms with Gasteiger partial charge in [0.2, 0.25) is 5.91 Å². The minimum Gasteiger partial charge on any atom is -0.496 e. The first kappa shape index (κ1) is 19.2. The summed E-state index contributed by atoms with van der Waals surface area (Å²) in [5.74, 6) is 0.506. The van der Waals surface area contributed by atoms with Gasteiger partial charge in [-0.15, -0.1) is 23.1 Å². The van der Waals surface area contributed by atoms with E-state index < -0.39 is 0 Å². The number of hydrogen-bond donors (Lipinski definition) is 0. The average molecular weight is 377 g/mol. The molecule has 0 aliphatic rings. The number of rotatable bonds is 7. The minimum absolute atomic E-state index is 0.0514. The summed E-state index contributed by atoms with van der Waals surface area (Å²) in [7, 11) is 1.59. The van der Waals surface area contributed by atoms with Crippen LogP contribution in [0.15, 0.2) is 34.6 Å². The van der Waals surface area contributed by atoms with Crippen molar-refractivity contribution >= 4 is 46.0 Å². The normalized spacial score (nSPS) is 10.9. The number of thiazole rings is 1. The highest BCUT2D eigenvalue weighted by Crippen LogP contribution is 2.28. The SMILES string of the molecule is CCN(C(C)=O)c1nc(C=CC(=O)c2ccc(SC)c(OC)c2)cs1. The molecule has 0 fully saturated rings. The first-order valence-corrected chi connectivity index (χ1v) is 9.78. The van der Waals surface area contributed by atoms with E-state index in [0.29, 0.717) is 28.7 Å². The van der Waals surface area contributed by atoms with Crippen molar-refractivity contribution in [3.05, 3.63) is 40.9 Å². The molecule has 1 aromatic heterocycles. The molecule has 1 amide bonds. The lowest BCUT2D eigenvalue weighted by atomic mass is 10.1. The second-order valence-electron chi connectivity index (χ2n) is 5.09. The summed E-state index contributed by atoms with van der Waals surface area (Å²) in [5, 5.41) is 2.45. The van der Waals surface area contributed by atoms with Gasteiger partial charge in [0.25, 0.3) is 0 Å². The Hall–Kier alpha value is -2.12. The van der Waals surface area contributed by atoms with Crippen LogP contribution in [0.5, 0.6) is 5.75 Å². The monoisotopic (exact) mass is 376 g/mol. The number of amides is 1. The third-order valence-electron chi connectivity index (χ3n) is 3.51. The molecule has 0 spiro atoms. The van der Waals surface area contributed by atoms with E-state index in [0.717, 1.165) is 4.90 Å². The van der Waals surface area contributed by atoms with Crippen LogP contribution >= 0.6 is 23.1 Å². The van der Waals surface area contributed by atoms with Gasteiger partial charge < -0.3 is 4.74 Å². The predicted molar refractivity (Wildman–Crippen MR) is 104 cm³/mol. The molecule has 0 radical (unpaired) electrons. The quantitative estimate of drug-likeness (QED) is 0.413. The van der Waals surface area contributed by atoms with E-state index in [4.69, 9.17) is 4.74 Å². The summed E-state index contributed by atoms with van der Waals surface area (Å²) in [6, 6.07) is 5.39. The summed E-state index contributed by atoms with van der Waals surface area (Å²) in [6.07, 6.45) is 5.10. The van der Waals surface area contributed by atoms with Crippen LogP contribution in [0.2, 0.25) is 0 Å². The Morgan fingerprint density at radius 3 is 2.76 bits per heavy atom. The van der Waals surface area contributed by atoms with Crippen molar-refractivity contribution in [2.45, 2.75) is 18.7 Å². The fraction of sp³-hybridized carbons (Fsp3) is 0.278. The van der Waals surface area contributed by atoms with E-state index in [2.05, 4.69) is 4.98 Å². The van der Waals surface area contributed by atoms with E-state index >= 15 is 0 Å². The summed E-state index contributed by atoms with van der Waals surface area (Å²) in [5.41, 5.74) is 1.21. The molecule has 1 aromatic carbocycles. The molecule has 0 aliphatic carbocycles. The van der Waals surface area contributed by atoms with Gasteiger partial charge in [-0.2, -0.15) is 0 Å². The zero-order valence-electron chi connectivity index (χ0n) is 14.6. The summed E-state index contributed by atoms with van der Waals surface area (Å²) in [4.78, 5) is 30.9. The number of nitrogens with zero attached hydrogens (tertiary/aromatic N) is 2. The van der Waals surface area contributed by atoms with Crippen LogP contribution in [0.3, 0.4) is 0 Å². The zero-order chi connectivity index (χ0) is 18.4. The maximum Gasteiger partial charge on any atom is 0.225 e. The molecule has 0 bridgehead atoms. The smallest absolute Gasteiger partial charge is 0.225 e. The van der Waals surface area contributed by atoms with Gasteiger partial charge in [0, 0.05) is 29.3 Å². The van der Waals surface area contributed by atoms with Crippen molar-refractivity contribution in [3.8, 4) is 5.75 Å². The van der Waals surface area contributed by atoms with Crippen molar-refractivity contribution in [1.82, 2.24) is 4.98 Å². The summed E-state index contributed by atoms with van der Waals surface area (Å²) >= 11 is 2.94. The number of methoxy groups -OCH3 is 1. The maximum absolute atomic E-state index is 12.4. The van der Waals surface area contributed by atoms with Crippen LogP contribution in [-0.4, -0.2) is 36.6 Å². The zero-order valence-corrected chi connectivity index (χ0v) is 16.2. The van der Waals surface area contributed by atoms with Crippen molar-refractivity contribution in [2.75, 3.05) is 24.8 Å². The molecule has 5 nitrogen and oxygen atoms in total. The number of benzene rings is 1. The molecule has 2 aromatic rings. The van der Waals surface area contributed by atoms with Gasteiger partial charge in [0.05, 0.1) is 12.8 Å². The lowest BCUT2D eigenvalue weighted by Crippen LogP contribution is -2.27. The van der Waals surface area contributed by atoms with Gasteiger partial charge in [-0.25, -0.2) is 4.98 Å². The van der Waals surface area contributed by atoms with Gasteiger partial charge in [-0.05, 0) is 43.5 Å². The standard InChI is InChI=1S/C18H20N2O3S2/c1-5-20(12(2)21)18-19-14(11-25-18)7-8-15(22)13-6-9-17(24-4)16(10-13)23-3/h6-11H,5H2,1-4H3. The second kappa shape index (κ2) is 8.82. The van der Waals surface area contributed by atoms with Crippen LogP contribution < -0.4 is 9.64 Å². The Bertz CT molecular complexity index is 799. The maximum atomic E-state index is 12.4. The van der Waals surface area contributed by atoms with Crippen LogP contribution in [0.4, 0.5) is 5.13 Å². The van der Waals surface area contributed by atoms with E-state index in [9.17, 15) is 9.59 Å². The number of carbonyl (C=O) groups is 2. The third kappa shape index (κ3) is 4.70. The number of hydrogen-bond acceptors (Lipinski definition) is 6. The van der Waals surface area contributed by atoms with E-state index in [1.165, 1.54) is 24.3 Å². The fourth-order valence-electron chi connectivity index (χ4n) is 2.22. The molecule has 0 unspecified atom stereocenters. The minimum atomic E-state index is -0.126. The van der Waals surface area contributed by atoms with Gasteiger partial charge in [-0.1, -0.05) is 0 Å². The molecule has 132 valence electrons. The molecule has 0 saturated heterocycles. The molecule has 25 heavy (non-hydrogen) atoms. The first-order valence-electron chi connectivity index (χ1n) is 7.68. The topological polar surface area (TPSA) is 59.5 Å². The summed E-state index contributed by atoms with van der Waals surface area (Å²) < 4.78 is 5.31. The largest absolute Gasteiger partial charge is 0.496 e. The Kier molecular flexibility index (Phi) is 6.78. The van der Waals surface area contributed by atoms with Crippen molar-refractivity contribution < 1.29 is 14.3 Å². The number of ether oxygens (including phenoxy) is 1. The second-order valence-corrected chi connectivity index (χ2v) is 6.77. The number of anilines is 1. The fourth-order valence-corrected chi connectivity index (χ4v) is 3.66. The highest BCUT2D eigenvalue weighted by Gasteiger charge is 2.13. The lowest BCUT2D eigenvalue weighted by molar-refractivity contribution is -0.116. The van der Waals surface area contributed by atoms with Gasteiger partial charge in [0.15, 0.2) is 10.9 Å². The Balaban J connectivity index is 2.15. The van der Waals surface area contributed by atoms with Crippen LogP contribution in [0, 0.1) is 0 Å². The van der Waals surface area contributed by atoms with Crippen LogP contribution in [0.25, 0.3) is 6.08 Å². The predicted octanol–water partition coefficient (Wildman–Crippen LogP) is 4.14. The van der Waals surface area contributed by atoms with Crippen molar-refractivity contribution in [3.63, 3.8) is 0 Å². The van der Waals surface area contributed by atoms with Crippen LogP contribution in [-0.2, 0) is 4.79 Å². The number of ketones is 1. The number of thioether (sulfide) groups is 1. The number of carbonyl (C=O) groups excluding carboxylic acids is 2. The average Bonchev–Trinajstić information content (AvgIpc) is 3.07. The third-order valence-corrected chi connectivity index (χ3v) is 5.17. The highest BCUT2D eigenvalue weighted by atomic mass is 32.2. The van der Waals surface area contributed by atoms with Gasteiger partial charge in [-0.3, -0.25) is 14.5 Å². The molecule has 2 rings (SSSR count). The van der Waals surface area contributed by atoms with E-state index in [1.807, 2.05) is 24.6 Å². The Morgan fingerprint density at radius 2 is 2.16 bits per heavy atom. The van der Waals surface area contributed by atoms with Gasteiger partial charge >= 0.3 is 0 Å². The van der Waals surface area contributed by atoms with Crippen molar-refractivity contribution in [2.24, 2.45) is 0 Å². The van der Waals surface area contributed by atoms with E-state index in [-0.39, 0.29) is 11.7 Å². The molecular formula is C18H20N2O3S2. The van der Waals surface area contributed by atoms with E-state index in [1.54, 1.807) is 42.0 Å². The Labute approximate surface area is 155 Å². The molecule has 1 heterocycles. The van der Waals surface area contributed by atoms with Gasteiger partial charge in [0.1, 0.15) is 5.75 Å². The molecule has 7 heteroatoms. The number of aromatic nitrogens is 1. The van der Waals surface area contributed by atoms with Crippen molar-refractivity contribution in [1.29, 1.82) is 0 Å². The molecule has 0 N–H and O–H groups in total. The number of allylic oxidation sites excluding steroid dienone is 1. The molecular weight excluding hydrogens is 356 g/mol. The lowest BCUT2D eigenvalue weighted by Gasteiger charge is -2.14. The Morgan fingerprint density at radius 1 is 1.40 bits per heavy atom. The molecule has 0 aliphatic heterocycles. The molecule has 0 atom stereocenters. The summed E-state index contributed by atoms with van der Waals surface area (Å²) in [6.45, 7) is 3.97.